The maximum absolute atomic E-state index is 12.0. The highest BCUT2D eigenvalue weighted by Gasteiger charge is 2.36. The van der Waals surface area contributed by atoms with Gasteiger partial charge in [-0.05, 0) is 57.7 Å². The minimum atomic E-state index is -0.552. The number of nitrogens with one attached hydrogen (secondary N) is 1. The predicted molar refractivity (Wildman–Crippen MR) is 89.3 cm³/mol. The molecule has 1 aromatic rings. The van der Waals surface area contributed by atoms with Gasteiger partial charge in [0.1, 0.15) is 5.60 Å². The van der Waals surface area contributed by atoms with Crippen LogP contribution in [-0.4, -0.2) is 17.8 Å². The second kappa shape index (κ2) is 6.55. The van der Waals surface area contributed by atoms with Crippen molar-refractivity contribution in [3.63, 3.8) is 0 Å². The molecule has 0 atom stereocenters. The Labute approximate surface area is 137 Å². The van der Waals surface area contributed by atoms with Crippen LogP contribution in [0.5, 0.6) is 0 Å². The van der Waals surface area contributed by atoms with E-state index < -0.39 is 17.2 Å². The molecule has 0 aliphatic heterocycles. The molecule has 0 spiro atoms. The largest absolute Gasteiger partial charge is 0.444 e. The summed E-state index contributed by atoms with van der Waals surface area (Å²) in [5.41, 5.74) is 1.51. The highest BCUT2D eigenvalue weighted by Crippen LogP contribution is 2.43. The van der Waals surface area contributed by atoms with E-state index in [0.29, 0.717) is 5.69 Å². The van der Waals surface area contributed by atoms with Crippen molar-refractivity contribution >= 4 is 17.9 Å². The fourth-order valence-electron chi connectivity index (χ4n) is 2.97. The average molecular weight is 316 g/mol. The summed E-state index contributed by atoms with van der Waals surface area (Å²) >= 11 is 0. The second-order valence-corrected chi connectivity index (χ2v) is 7.10. The summed E-state index contributed by atoms with van der Waals surface area (Å²) in [5.74, 6) is 0. The third kappa shape index (κ3) is 4.20. The van der Waals surface area contributed by atoms with Gasteiger partial charge in [0.15, 0.2) is 0 Å². The molecule has 23 heavy (non-hydrogen) atoms. The van der Waals surface area contributed by atoms with E-state index in [1.54, 1.807) is 6.08 Å². The van der Waals surface area contributed by atoms with Gasteiger partial charge in [-0.25, -0.2) is 9.59 Å². The van der Waals surface area contributed by atoms with Crippen molar-refractivity contribution in [3.8, 4) is 0 Å². The van der Waals surface area contributed by atoms with Gasteiger partial charge in [-0.15, -0.1) is 0 Å². The van der Waals surface area contributed by atoms with Gasteiger partial charge in [0, 0.05) is 5.69 Å². The van der Waals surface area contributed by atoms with Crippen LogP contribution in [0.15, 0.2) is 23.2 Å². The lowest BCUT2D eigenvalue weighted by Gasteiger charge is -2.25. The summed E-state index contributed by atoms with van der Waals surface area (Å²) < 4.78 is 5.30. The van der Waals surface area contributed by atoms with Crippen LogP contribution in [0.1, 0.15) is 57.6 Å². The van der Waals surface area contributed by atoms with Gasteiger partial charge >= 0.3 is 6.09 Å². The van der Waals surface area contributed by atoms with Crippen LogP contribution in [0.4, 0.5) is 10.5 Å². The molecule has 5 heteroatoms. The van der Waals surface area contributed by atoms with Crippen LogP contribution >= 0.6 is 0 Å². The molecule has 124 valence electrons. The Balaban J connectivity index is 2.28. The Bertz CT molecular complexity index is 634. The van der Waals surface area contributed by atoms with Gasteiger partial charge in [-0.2, -0.15) is 4.99 Å². The molecule has 1 aromatic carbocycles. The van der Waals surface area contributed by atoms with Crippen molar-refractivity contribution < 1.29 is 14.3 Å². The molecule has 1 aliphatic carbocycles. The van der Waals surface area contributed by atoms with E-state index in [1.807, 2.05) is 45.9 Å². The predicted octanol–water partition coefficient (Wildman–Crippen LogP) is 4.45. The van der Waals surface area contributed by atoms with E-state index in [4.69, 9.17) is 4.74 Å². The molecule has 2 rings (SSSR count). The minimum absolute atomic E-state index is 0.489. The molecule has 0 unspecified atom stereocenters. The van der Waals surface area contributed by atoms with E-state index in [0.717, 1.165) is 36.8 Å². The molecule has 5 nitrogen and oxygen atoms in total. The van der Waals surface area contributed by atoms with Gasteiger partial charge in [0.25, 0.3) is 0 Å². The van der Waals surface area contributed by atoms with Crippen molar-refractivity contribution in [3.05, 3.63) is 29.3 Å². The van der Waals surface area contributed by atoms with Gasteiger partial charge in [0.2, 0.25) is 6.08 Å². The Morgan fingerprint density at radius 2 is 1.96 bits per heavy atom. The van der Waals surface area contributed by atoms with Gasteiger partial charge in [-0.1, -0.05) is 25.0 Å². The maximum atomic E-state index is 12.0. The molecular formula is C18H24N2O3. The minimum Gasteiger partial charge on any atom is -0.444 e. The van der Waals surface area contributed by atoms with E-state index in [1.165, 1.54) is 0 Å². The van der Waals surface area contributed by atoms with Crippen molar-refractivity contribution in [2.45, 2.75) is 64.5 Å². The first-order valence-electron chi connectivity index (χ1n) is 7.96. The lowest BCUT2D eigenvalue weighted by Crippen LogP contribution is -2.27. The first-order chi connectivity index (χ1) is 10.8. The number of rotatable bonds is 3. The SMILES string of the molecule is Cc1ccc(C2(N=C=O)CCCC2)cc1NC(=O)OC(C)(C)C. The normalized spacial score (nSPS) is 16.5. The Morgan fingerprint density at radius 3 is 2.52 bits per heavy atom. The summed E-state index contributed by atoms with van der Waals surface area (Å²) in [6.07, 6.45) is 4.96. The highest BCUT2D eigenvalue weighted by atomic mass is 16.6. The zero-order valence-corrected chi connectivity index (χ0v) is 14.2. The quantitative estimate of drug-likeness (QED) is 0.662. The Hall–Kier alpha value is -2.13. The van der Waals surface area contributed by atoms with Crippen LogP contribution in [0.25, 0.3) is 0 Å². The summed E-state index contributed by atoms with van der Waals surface area (Å²) in [5, 5.41) is 2.79. The van der Waals surface area contributed by atoms with Crippen molar-refractivity contribution in [1.29, 1.82) is 0 Å². The standard InChI is InChI=1S/C18H24N2O3/c1-13-7-8-14(18(19-12-21)9-5-6-10-18)11-15(13)20-16(22)23-17(2,3)4/h7-8,11H,5-6,9-10H2,1-4H3,(H,20,22). The number of benzene rings is 1. The topological polar surface area (TPSA) is 67.8 Å². The Kier molecular flexibility index (Phi) is 4.90. The van der Waals surface area contributed by atoms with Gasteiger partial charge in [-0.3, -0.25) is 5.32 Å². The Morgan fingerprint density at radius 1 is 1.30 bits per heavy atom. The third-order valence-electron chi connectivity index (χ3n) is 4.10. The van der Waals surface area contributed by atoms with Crippen LogP contribution in [0.2, 0.25) is 0 Å². The number of nitrogens with zero attached hydrogens (tertiary/aromatic N) is 1. The molecule has 1 N–H and O–H groups in total. The lowest BCUT2D eigenvalue weighted by molar-refractivity contribution is 0.0636. The number of carbonyl (C=O) groups is 1. The molecule has 1 amide bonds. The molecule has 0 bridgehead atoms. The number of carbonyl (C=O) groups excluding carboxylic acids is 2. The molecule has 0 radical (unpaired) electrons. The van der Waals surface area contributed by atoms with Crippen LogP contribution in [-0.2, 0) is 15.1 Å². The van der Waals surface area contributed by atoms with Crippen LogP contribution < -0.4 is 5.32 Å². The monoisotopic (exact) mass is 316 g/mol. The zero-order chi connectivity index (χ0) is 17.1. The number of amides is 1. The molecule has 1 aliphatic rings. The molecule has 0 aromatic heterocycles. The maximum Gasteiger partial charge on any atom is 0.412 e. The first-order valence-corrected chi connectivity index (χ1v) is 7.96. The second-order valence-electron chi connectivity index (χ2n) is 7.10. The van der Waals surface area contributed by atoms with Gasteiger partial charge < -0.3 is 4.74 Å². The summed E-state index contributed by atoms with van der Waals surface area (Å²) in [7, 11) is 0. The third-order valence-corrected chi connectivity index (χ3v) is 4.10. The first kappa shape index (κ1) is 17.2. The van der Waals surface area contributed by atoms with Crippen LogP contribution in [0.3, 0.4) is 0 Å². The molecule has 0 saturated heterocycles. The molecule has 0 heterocycles. The summed E-state index contributed by atoms with van der Waals surface area (Å²) in [6, 6.07) is 5.80. The van der Waals surface area contributed by atoms with E-state index in [-0.39, 0.29) is 0 Å². The number of aliphatic imine (C=N–C) groups is 1. The van der Waals surface area contributed by atoms with Crippen LogP contribution in [0, 0.1) is 6.92 Å². The number of hydrogen-bond acceptors (Lipinski definition) is 4. The smallest absolute Gasteiger partial charge is 0.412 e. The number of hydrogen-bond donors (Lipinski definition) is 1. The summed E-state index contributed by atoms with van der Waals surface area (Å²) in [6.45, 7) is 7.38. The molecule has 1 fully saturated rings. The number of ether oxygens (including phenoxy) is 1. The van der Waals surface area contributed by atoms with Crippen molar-refractivity contribution in [2.75, 3.05) is 5.32 Å². The van der Waals surface area contributed by atoms with Gasteiger partial charge in [0.05, 0.1) is 5.54 Å². The van der Waals surface area contributed by atoms with E-state index in [9.17, 15) is 9.59 Å². The fraction of sp³-hybridized carbons (Fsp3) is 0.556. The number of anilines is 1. The molecule has 1 saturated carbocycles. The fourth-order valence-corrected chi connectivity index (χ4v) is 2.97. The van der Waals surface area contributed by atoms with E-state index >= 15 is 0 Å². The zero-order valence-electron chi connectivity index (χ0n) is 14.2. The number of isocyanates is 1. The number of aryl methyl sites for hydroxylation is 1. The highest BCUT2D eigenvalue weighted by molar-refractivity contribution is 5.86. The van der Waals surface area contributed by atoms with E-state index in [2.05, 4.69) is 10.3 Å². The summed E-state index contributed by atoms with van der Waals surface area (Å²) in [4.78, 5) is 26.9. The van der Waals surface area contributed by atoms with Crippen molar-refractivity contribution in [1.82, 2.24) is 0 Å². The molecular weight excluding hydrogens is 292 g/mol. The lowest BCUT2D eigenvalue weighted by atomic mass is 9.88. The van der Waals surface area contributed by atoms with Crippen molar-refractivity contribution in [2.24, 2.45) is 4.99 Å². The average Bonchev–Trinajstić information content (AvgIpc) is 2.89.